The maximum atomic E-state index is 13.7. The molecule has 0 fully saturated rings. The van der Waals surface area contributed by atoms with Crippen molar-refractivity contribution in [2.75, 3.05) is 246 Å². The van der Waals surface area contributed by atoms with Gasteiger partial charge in [0, 0.05) is 66.0 Å². The summed E-state index contributed by atoms with van der Waals surface area (Å²) in [4.78, 5) is 31.5. The highest BCUT2D eigenvalue weighted by molar-refractivity contribution is 5.95. The Morgan fingerprint density at radius 1 is 0.352 bits per heavy atom. The lowest BCUT2D eigenvalue weighted by atomic mass is 9.72. The summed E-state index contributed by atoms with van der Waals surface area (Å²) in [7, 11) is 6.39. The van der Waals surface area contributed by atoms with Gasteiger partial charge in [0.15, 0.2) is 0 Å². The molecule has 26 nitrogen and oxygen atoms in total. The second kappa shape index (κ2) is 53.2. The molecule has 0 amide bonds. The first-order valence-corrected chi connectivity index (χ1v) is 31.5. The van der Waals surface area contributed by atoms with Crippen molar-refractivity contribution in [2.24, 2.45) is 10.8 Å². The van der Waals surface area contributed by atoms with Gasteiger partial charge in [0.25, 0.3) is 0 Å². The molecule has 0 heterocycles. The molecule has 0 atom stereocenters. The third-order valence-corrected chi connectivity index (χ3v) is 14.0. The van der Waals surface area contributed by atoms with Gasteiger partial charge in [-0.15, -0.1) is 0 Å². The number of unbranched alkanes of at least 4 members (excludes halogenated alkanes) is 3. The molecule has 0 aromatic carbocycles. The lowest BCUT2D eigenvalue weighted by molar-refractivity contribution is -0.140. The second-order valence-electron chi connectivity index (χ2n) is 22.5. The fourth-order valence-corrected chi connectivity index (χ4v) is 9.52. The molecule has 0 unspecified atom stereocenters. The Bertz CT molecular complexity index is 2280. The first-order chi connectivity index (χ1) is 44.3. The number of hydrogen-bond acceptors (Lipinski definition) is 26. The van der Waals surface area contributed by atoms with E-state index in [2.05, 4.69) is 24.3 Å². The molecule has 0 saturated carbocycles. The van der Waals surface area contributed by atoms with Crippen LogP contribution in [0.4, 0.5) is 0 Å². The smallest absolute Gasteiger partial charge is 0.349 e. The van der Waals surface area contributed by atoms with E-state index in [-0.39, 0.29) is 42.3 Å². The number of ether oxygens (including phenoxy) is 18. The summed E-state index contributed by atoms with van der Waals surface area (Å²) >= 11 is 0. The highest BCUT2D eigenvalue weighted by Gasteiger charge is 2.38. The topological polar surface area (TPSA) is 302 Å². The summed E-state index contributed by atoms with van der Waals surface area (Å²) in [5, 5.41) is 42.4. The zero-order chi connectivity index (χ0) is 66.5. The monoisotopic (exact) mass is 1290 g/mol. The van der Waals surface area contributed by atoms with Gasteiger partial charge in [-0.25, -0.2) is 9.59 Å². The van der Waals surface area contributed by atoms with Crippen LogP contribution in [-0.4, -0.2) is 268 Å². The average molecular weight is 1290 g/mol. The largest absolute Gasteiger partial charge is 0.462 e. The summed E-state index contributed by atoms with van der Waals surface area (Å²) in [6, 6.07) is 8.76. The fourth-order valence-electron chi connectivity index (χ4n) is 9.52. The van der Waals surface area contributed by atoms with Gasteiger partial charge in [0.1, 0.15) is 42.2 Å². The van der Waals surface area contributed by atoms with Crippen molar-refractivity contribution in [3.8, 4) is 24.3 Å². The number of esters is 2. The van der Waals surface area contributed by atoms with Crippen molar-refractivity contribution in [1.29, 1.82) is 21.0 Å². The second-order valence-corrected chi connectivity index (χ2v) is 22.5. The van der Waals surface area contributed by atoms with Gasteiger partial charge in [0.2, 0.25) is 0 Å². The molecule has 0 aromatic heterocycles. The minimum atomic E-state index is -0.817. The number of nitrogens with zero attached hydrogens (tertiary/aromatic N) is 6. The number of rotatable bonds is 58. The zero-order valence-corrected chi connectivity index (χ0v) is 55.8. The van der Waals surface area contributed by atoms with Crippen molar-refractivity contribution in [3.05, 3.63) is 44.8 Å². The van der Waals surface area contributed by atoms with E-state index in [4.69, 9.17) is 85.3 Å². The van der Waals surface area contributed by atoms with Crippen LogP contribution in [0.2, 0.25) is 0 Å². The van der Waals surface area contributed by atoms with Crippen molar-refractivity contribution in [1.82, 2.24) is 9.80 Å². The van der Waals surface area contributed by atoms with E-state index in [1.54, 1.807) is 28.4 Å². The van der Waals surface area contributed by atoms with Crippen LogP contribution in [0.3, 0.4) is 0 Å². The highest BCUT2D eigenvalue weighted by atomic mass is 16.7. The molecular formula is C65H106N6O20. The number of methoxy groups -OCH3 is 4. The molecular weight excluding hydrogens is 1180 g/mol. The van der Waals surface area contributed by atoms with Crippen LogP contribution < -0.4 is 0 Å². The van der Waals surface area contributed by atoms with Crippen molar-refractivity contribution >= 4 is 11.9 Å². The van der Waals surface area contributed by atoms with Gasteiger partial charge in [-0.1, -0.05) is 27.7 Å². The fraction of sp³-hybridized carbons (Fsp3) is 0.785. The van der Waals surface area contributed by atoms with Crippen molar-refractivity contribution in [3.63, 3.8) is 0 Å². The summed E-state index contributed by atoms with van der Waals surface area (Å²) in [5.41, 5.74) is 1.18. The predicted molar refractivity (Wildman–Crippen MR) is 333 cm³/mol. The highest BCUT2D eigenvalue weighted by Crippen LogP contribution is 2.45. The first kappa shape index (κ1) is 81.9. The van der Waals surface area contributed by atoms with Crippen molar-refractivity contribution in [2.45, 2.75) is 79.1 Å². The summed E-state index contributed by atoms with van der Waals surface area (Å²) in [5.74, 6) is -1.63. The lowest BCUT2D eigenvalue weighted by Gasteiger charge is -2.39. The number of hydrogen-bond donors (Lipinski definition) is 0. The van der Waals surface area contributed by atoms with E-state index in [9.17, 15) is 30.6 Å². The Morgan fingerprint density at radius 3 is 0.868 bits per heavy atom. The van der Waals surface area contributed by atoms with E-state index in [1.807, 2.05) is 37.5 Å². The Hall–Kier alpha value is -5.18. The molecule has 0 saturated heterocycles. The molecule has 2 rings (SSSR count). The SMILES string of the molecule is COCCOCCOCCOCCN(CCOCCOCCOCCOC)C1=C(C#N)/C(=C(\C#N)C(=O)OCCCCCCOC(=O)/C(C#N)=C2\CC(C)(C)CC(N(CCOCCOCCOCCOC)CCOCCOCCOCOC)=C2C#N)CC(C)(C)C1. The minimum absolute atomic E-state index is 0.01000. The Kier molecular flexibility index (Phi) is 47.9. The van der Waals surface area contributed by atoms with Gasteiger partial charge >= 0.3 is 11.9 Å². The third-order valence-electron chi connectivity index (χ3n) is 14.0. The summed E-state index contributed by atoms with van der Waals surface area (Å²) in [6.07, 6.45) is 3.67. The van der Waals surface area contributed by atoms with Crippen LogP contribution in [-0.2, 0) is 94.9 Å². The molecule has 0 aromatic rings. The van der Waals surface area contributed by atoms with Crippen LogP contribution in [0.1, 0.15) is 79.1 Å². The normalized spacial score (nSPS) is 15.6. The van der Waals surface area contributed by atoms with E-state index in [0.29, 0.717) is 272 Å². The lowest BCUT2D eigenvalue weighted by Crippen LogP contribution is -2.36. The van der Waals surface area contributed by atoms with E-state index >= 15 is 0 Å². The van der Waals surface area contributed by atoms with Gasteiger partial charge in [-0.2, -0.15) is 21.0 Å². The molecule has 516 valence electrons. The Morgan fingerprint density at radius 2 is 0.615 bits per heavy atom. The third kappa shape index (κ3) is 37.3. The number of allylic oxidation sites excluding steroid dienone is 6. The predicted octanol–water partition coefficient (Wildman–Crippen LogP) is 5.82. The molecule has 2 aliphatic rings. The minimum Gasteiger partial charge on any atom is -0.462 e. The molecule has 26 heteroatoms. The maximum Gasteiger partial charge on any atom is 0.349 e. The van der Waals surface area contributed by atoms with Crippen LogP contribution in [0.25, 0.3) is 0 Å². The molecule has 0 spiro atoms. The molecule has 0 bridgehead atoms. The molecule has 2 aliphatic carbocycles. The van der Waals surface area contributed by atoms with Crippen LogP contribution in [0.15, 0.2) is 44.8 Å². The number of nitriles is 4. The average Bonchev–Trinajstić information content (AvgIpc) is 0.818. The van der Waals surface area contributed by atoms with Crippen LogP contribution >= 0.6 is 0 Å². The zero-order valence-electron chi connectivity index (χ0n) is 55.8. The van der Waals surface area contributed by atoms with Gasteiger partial charge in [-0.3, -0.25) is 0 Å². The number of carbonyl (C=O) groups excluding carboxylic acids is 2. The van der Waals surface area contributed by atoms with Gasteiger partial charge in [0.05, 0.1) is 196 Å². The van der Waals surface area contributed by atoms with Crippen LogP contribution in [0, 0.1) is 56.2 Å². The van der Waals surface area contributed by atoms with Crippen LogP contribution in [0.5, 0.6) is 0 Å². The van der Waals surface area contributed by atoms with Gasteiger partial charge < -0.3 is 95.1 Å². The number of carbonyl (C=O) groups is 2. The Balaban J connectivity index is 2.13. The first-order valence-electron chi connectivity index (χ1n) is 31.5. The molecule has 0 N–H and O–H groups in total. The quantitative estimate of drug-likeness (QED) is 0.0228. The van der Waals surface area contributed by atoms with Crippen molar-refractivity contribution < 1.29 is 94.9 Å². The molecule has 0 aliphatic heterocycles. The summed E-state index contributed by atoms with van der Waals surface area (Å²) < 4.78 is 99.1. The molecule has 0 radical (unpaired) electrons. The maximum absolute atomic E-state index is 13.7. The Labute approximate surface area is 541 Å². The van der Waals surface area contributed by atoms with E-state index in [0.717, 1.165) is 0 Å². The molecule has 91 heavy (non-hydrogen) atoms. The van der Waals surface area contributed by atoms with E-state index < -0.39 is 22.8 Å². The standard InChI is InChI=1S/C65H106N6O20/c1-64(2)45-54(56(49-66)60(47-64)70(13-19-78-29-33-85-40-37-82-26-23-74-5)14-20-79-30-34-86-41-38-83-27-24-75-6)58(51-68)62(72)90-17-11-9-10-12-18-91-63(73)59(52-69)55-46-65(3,4)48-61(57(55)50-67)71(16-22-81-32-36-88-43-44-89-53-77-8)15-21-80-31-35-87-42-39-84-28-25-76-7/h9-48,53H2,1-8H3/b58-54+,59-55+. The summed E-state index contributed by atoms with van der Waals surface area (Å²) in [6.45, 7) is 20.3. The van der Waals surface area contributed by atoms with E-state index in [1.165, 1.54) is 0 Å². The van der Waals surface area contributed by atoms with Gasteiger partial charge in [-0.05, 0) is 73.3 Å².